The molecule has 6 heteroatoms. The van der Waals surface area contributed by atoms with E-state index >= 15 is 0 Å². The molecular formula is C12H16ClN3OS. The van der Waals surface area contributed by atoms with Gasteiger partial charge in [0, 0.05) is 25.6 Å². The van der Waals surface area contributed by atoms with Crippen molar-refractivity contribution in [3.8, 4) is 0 Å². The van der Waals surface area contributed by atoms with Crippen molar-refractivity contribution in [2.45, 2.75) is 13.8 Å². The molecule has 0 spiro atoms. The zero-order chi connectivity index (χ0) is 13.3. The Kier molecular flexibility index (Phi) is 4.04. The topological polar surface area (TPSA) is 38.2 Å². The van der Waals surface area contributed by atoms with E-state index in [0.29, 0.717) is 11.9 Å². The molecule has 0 radical (unpaired) electrons. The molecule has 2 heterocycles. The Labute approximate surface area is 116 Å². The third-order valence-electron chi connectivity index (χ3n) is 2.97. The minimum absolute atomic E-state index is 0.294. The van der Waals surface area contributed by atoms with Crippen molar-refractivity contribution in [1.29, 1.82) is 0 Å². The van der Waals surface area contributed by atoms with Gasteiger partial charge in [0.25, 0.3) is 0 Å². The van der Waals surface area contributed by atoms with Crippen LogP contribution in [0.3, 0.4) is 0 Å². The van der Waals surface area contributed by atoms with Crippen LogP contribution >= 0.6 is 22.9 Å². The van der Waals surface area contributed by atoms with Crippen LogP contribution in [-0.4, -0.2) is 37.3 Å². The molecule has 0 aliphatic carbocycles. The molecule has 0 amide bonds. The van der Waals surface area contributed by atoms with E-state index in [1.54, 1.807) is 18.4 Å². The number of likely N-dealkylation sites (N-methyl/N-ethyl adjacent to an activating group) is 1. The normalized spacial score (nSPS) is 11.2. The largest absolute Gasteiger partial charge is 0.383 e. The van der Waals surface area contributed by atoms with Crippen LogP contribution in [0.2, 0.25) is 5.28 Å². The molecule has 18 heavy (non-hydrogen) atoms. The molecule has 0 aliphatic rings. The van der Waals surface area contributed by atoms with Gasteiger partial charge in [-0.2, -0.15) is 4.98 Å². The first-order valence-corrected chi connectivity index (χ1v) is 6.87. The second-order valence-electron chi connectivity index (χ2n) is 4.19. The highest BCUT2D eigenvalue weighted by atomic mass is 35.5. The summed E-state index contributed by atoms with van der Waals surface area (Å²) in [6, 6.07) is 0. The van der Waals surface area contributed by atoms with Crippen LogP contribution in [0.1, 0.15) is 10.4 Å². The predicted octanol–water partition coefficient (Wildman–Crippen LogP) is 3.04. The maximum Gasteiger partial charge on any atom is 0.225 e. The number of hydrogen-bond acceptors (Lipinski definition) is 5. The van der Waals surface area contributed by atoms with Crippen molar-refractivity contribution in [1.82, 2.24) is 9.97 Å². The van der Waals surface area contributed by atoms with Gasteiger partial charge in [-0.1, -0.05) is 0 Å². The van der Waals surface area contributed by atoms with Crippen LogP contribution in [0.25, 0.3) is 10.2 Å². The lowest BCUT2D eigenvalue weighted by atomic mass is 10.2. The number of hydrogen-bond donors (Lipinski definition) is 0. The van der Waals surface area contributed by atoms with Gasteiger partial charge in [0.15, 0.2) is 0 Å². The first kappa shape index (κ1) is 13.5. The number of nitrogens with zero attached hydrogens (tertiary/aromatic N) is 3. The maximum absolute atomic E-state index is 5.99. The quantitative estimate of drug-likeness (QED) is 0.810. The Morgan fingerprint density at radius 3 is 2.72 bits per heavy atom. The monoisotopic (exact) mass is 285 g/mol. The van der Waals surface area contributed by atoms with Gasteiger partial charge in [0.2, 0.25) is 5.28 Å². The van der Waals surface area contributed by atoms with Crippen molar-refractivity contribution in [2.75, 3.05) is 32.2 Å². The molecule has 0 saturated carbocycles. The Balaban J connectivity index is 2.54. The number of aryl methyl sites for hydroxylation is 2. The van der Waals surface area contributed by atoms with Crippen LogP contribution < -0.4 is 4.90 Å². The second-order valence-corrected chi connectivity index (χ2v) is 5.74. The van der Waals surface area contributed by atoms with E-state index in [4.69, 9.17) is 16.3 Å². The molecule has 0 atom stereocenters. The van der Waals surface area contributed by atoms with Crippen LogP contribution in [-0.2, 0) is 4.74 Å². The molecule has 0 aromatic carbocycles. The SMILES string of the molecule is COCCN(C)c1nc(Cl)nc2sc(C)c(C)c12. The summed E-state index contributed by atoms with van der Waals surface area (Å²) in [5, 5.41) is 1.39. The molecule has 98 valence electrons. The summed E-state index contributed by atoms with van der Waals surface area (Å²) in [4.78, 5) is 12.9. The van der Waals surface area contributed by atoms with Gasteiger partial charge in [-0.15, -0.1) is 11.3 Å². The lowest BCUT2D eigenvalue weighted by Crippen LogP contribution is -2.23. The average molecular weight is 286 g/mol. The molecule has 0 unspecified atom stereocenters. The van der Waals surface area contributed by atoms with E-state index < -0.39 is 0 Å². The summed E-state index contributed by atoms with van der Waals surface area (Å²) >= 11 is 7.64. The minimum atomic E-state index is 0.294. The van der Waals surface area contributed by atoms with Crippen molar-refractivity contribution in [2.24, 2.45) is 0 Å². The number of fused-ring (bicyclic) bond motifs is 1. The Morgan fingerprint density at radius 2 is 2.06 bits per heavy atom. The molecule has 4 nitrogen and oxygen atoms in total. The zero-order valence-corrected chi connectivity index (χ0v) is 12.5. The summed E-state index contributed by atoms with van der Waals surface area (Å²) in [7, 11) is 3.68. The molecule has 0 bridgehead atoms. The molecule has 2 aromatic heterocycles. The molecule has 0 N–H and O–H groups in total. The van der Waals surface area contributed by atoms with Gasteiger partial charge in [0.05, 0.1) is 12.0 Å². The molecule has 2 aromatic rings. The van der Waals surface area contributed by atoms with E-state index in [1.807, 2.05) is 7.05 Å². The standard InChI is InChI=1S/C12H16ClN3OS/c1-7-8(2)18-11-9(7)10(14-12(13)15-11)16(3)5-6-17-4/h5-6H2,1-4H3. The number of thiophene rings is 1. The molecule has 0 aliphatic heterocycles. The number of aromatic nitrogens is 2. The highest BCUT2D eigenvalue weighted by molar-refractivity contribution is 7.18. The average Bonchev–Trinajstić information content (AvgIpc) is 2.61. The second kappa shape index (κ2) is 5.38. The van der Waals surface area contributed by atoms with E-state index in [9.17, 15) is 0 Å². The first-order chi connectivity index (χ1) is 8.54. The Morgan fingerprint density at radius 1 is 1.33 bits per heavy atom. The molecular weight excluding hydrogens is 270 g/mol. The van der Waals surface area contributed by atoms with Crippen LogP contribution in [0.15, 0.2) is 0 Å². The van der Waals surface area contributed by atoms with Gasteiger partial charge >= 0.3 is 0 Å². The lowest BCUT2D eigenvalue weighted by molar-refractivity contribution is 0.206. The van der Waals surface area contributed by atoms with Crippen LogP contribution in [0.5, 0.6) is 0 Å². The maximum atomic E-state index is 5.99. The van der Waals surface area contributed by atoms with Gasteiger partial charge in [-0.25, -0.2) is 4.98 Å². The fourth-order valence-corrected chi connectivity index (χ4v) is 3.05. The fraction of sp³-hybridized carbons (Fsp3) is 0.500. The van der Waals surface area contributed by atoms with E-state index in [1.165, 1.54) is 10.4 Å². The summed E-state index contributed by atoms with van der Waals surface area (Å²) in [6.45, 7) is 5.61. The third kappa shape index (κ3) is 2.43. The van der Waals surface area contributed by atoms with Gasteiger partial charge in [-0.05, 0) is 31.0 Å². The van der Waals surface area contributed by atoms with E-state index in [2.05, 4.69) is 28.7 Å². The van der Waals surface area contributed by atoms with Crippen molar-refractivity contribution in [3.63, 3.8) is 0 Å². The van der Waals surface area contributed by atoms with Crippen molar-refractivity contribution >= 4 is 39.0 Å². The smallest absolute Gasteiger partial charge is 0.225 e. The highest BCUT2D eigenvalue weighted by Gasteiger charge is 2.16. The predicted molar refractivity (Wildman–Crippen MR) is 77.0 cm³/mol. The number of halogens is 1. The third-order valence-corrected chi connectivity index (χ3v) is 4.24. The van der Waals surface area contributed by atoms with Gasteiger partial charge in [0.1, 0.15) is 10.6 Å². The molecule has 2 rings (SSSR count). The number of rotatable bonds is 4. The minimum Gasteiger partial charge on any atom is -0.383 e. The number of ether oxygens (including phenoxy) is 1. The fourth-order valence-electron chi connectivity index (χ4n) is 1.81. The Hall–Kier alpha value is -0.910. The lowest BCUT2D eigenvalue weighted by Gasteiger charge is -2.18. The Bertz CT molecular complexity index is 570. The zero-order valence-electron chi connectivity index (χ0n) is 11.0. The highest BCUT2D eigenvalue weighted by Crippen LogP contribution is 2.35. The van der Waals surface area contributed by atoms with E-state index in [-0.39, 0.29) is 0 Å². The number of anilines is 1. The molecule has 0 saturated heterocycles. The summed E-state index contributed by atoms with van der Waals surface area (Å²) in [5.41, 5.74) is 1.23. The first-order valence-electron chi connectivity index (χ1n) is 5.68. The van der Waals surface area contributed by atoms with E-state index in [0.717, 1.165) is 22.6 Å². The van der Waals surface area contributed by atoms with Crippen molar-refractivity contribution in [3.05, 3.63) is 15.7 Å². The molecule has 0 fully saturated rings. The van der Waals surface area contributed by atoms with Crippen LogP contribution in [0, 0.1) is 13.8 Å². The summed E-state index contributed by atoms with van der Waals surface area (Å²) in [5.74, 6) is 0.879. The van der Waals surface area contributed by atoms with Crippen molar-refractivity contribution < 1.29 is 4.74 Å². The van der Waals surface area contributed by atoms with Gasteiger partial charge < -0.3 is 9.64 Å². The number of methoxy groups -OCH3 is 1. The van der Waals surface area contributed by atoms with Gasteiger partial charge in [-0.3, -0.25) is 0 Å². The van der Waals surface area contributed by atoms with Crippen LogP contribution in [0.4, 0.5) is 5.82 Å². The summed E-state index contributed by atoms with van der Waals surface area (Å²) in [6.07, 6.45) is 0. The summed E-state index contributed by atoms with van der Waals surface area (Å²) < 4.78 is 5.10.